The van der Waals surface area contributed by atoms with Gasteiger partial charge < -0.3 is 9.47 Å². The van der Waals surface area contributed by atoms with Gasteiger partial charge in [-0.2, -0.15) is 4.31 Å². The summed E-state index contributed by atoms with van der Waals surface area (Å²) in [5.41, 5.74) is 0.469. The zero-order valence-electron chi connectivity index (χ0n) is 15.9. The average Bonchev–Trinajstić information content (AvgIpc) is 3.19. The summed E-state index contributed by atoms with van der Waals surface area (Å²) in [6.45, 7) is 2.01. The van der Waals surface area contributed by atoms with Crippen LogP contribution in [-0.2, 0) is 14.8 Å². The van der Waals surface area contributed by atoms with Gasteiger partial charge in [-0.3, -0.25) is 10.1 Å². The third kappa shape index (κ3) is 4.22. The van der Waals surface area contributed by atoms with E-state index in [2.05, 4.69) is 0 Å². The molecular weight excluding hydrogens is 400 g/mol. The van der Waals surface area contributed by atoms with Gasteiger partial charge in [-0.25, -0.2) is 13.2 Å². The minimum Gasteiger partial charge on any atom is -0.496 e. The van der Waals surface area contributed by atoms with Gasteiger partial charge in [-0.1, -0.05) is 17.7 Å². The molecule has 0 spiro atoms. The number of esters is 1. The summed E-state index contributed by atoms with van der Waals surface area (Å²) in [7, 11) is -2.54. The summed E-state index contributed by atoms with van der Waals surface area (Å²) in [6, 6.07) is 9.09. The topological polar surface area (TPSA) is 116 Å². The SMILES string of the molecule is COc1ccc(OC(=O)[C@@H]2CCCN2S(=O)(=O)c2ccc(C)cc2)c([N+](=O)[O-])c1. The van der Waals surface area contributed by atoms with Crippen molar-refractivity contribution in [1.82, 2.24) is 4.31 Å². The van der Waals surface area contributed by atoms with Gasteiger partial charge >= 0.3 is 11.7 Å². The van der Waals surface area contributed by atoms with E-state index in [9.17, 15) is 23.3 Å². The van der Waals surface area contributed by atoms with Crippen molar-refractivity contribution in [2.45, 2.75) is 30.7 Å². The Bertz CT molecular complexity index is 1040. The fourth-order valence-electron chi connectivity index (χ4n) is 3.14. The lowest BCUT2D eigenvalue weighted by atomic mass is 10.2. The Hall–Kier alpha value is -2.98. The Morgan fingerprint density at radius 1 is 1.21 bits per heavy atom. The molecule has 1 aliphatic heterocycles. The fourth-order valence-corrected chi connectivity index (χ4v) is 4.79. The third-order valence-corrected chi connectivity index (χ3v) is 6.60. The van der Waals surface area contributed by atoms with E-state index in [1.54, 1.807) is 12.1 Å². The molecule has 3 rings (SSSR count). The van der Waals surface area contributed by atoms with E-state index < -0.39 is 32.6 Å². The molecule has 1 saturated heterocycles. The Morgan fingerprint density at radius 2 is 1.90 bits per heavy atom. The van der Waals surface area contributed by atoms with Gasteiger partial charge in [0, 0.05) is 6.54 Å². The summed E-state index contributed by atoms with van der Waals surface area (Å²) in [5.74, 6) is -0.882. The lowest BCUT2D eigenvalue weighted by Crippen LogP contribution is -2.42. The molecule has 1 fully saturated rings. The highest BCUT2D eigenvalue weighted by molar-refractivity contribution is 7.89. The predicted molar refractivity (Wildman–Crippen MR) is 103 cm³/mol. The van der Waals surface area contributed by atoms with E-state index in [0.717, 1.165) is 15.9 Å². The van der Waals surface area contributed by atoms with Crippen molar-refractivity contribution in [2.24, 2.45) is 0 Å². The van der Waals surface area contributed by atoms with Crippen LogP contribution < -0.4 is 9.47 Å². The first-order valence-electron chi connectivity index (χ1n) is 8.86. The molecule has 0 saturated carbocycles. The molecule has 2 aromatic carbocycles. The number of rotatable bonds is 6. The quantitative estimate of drug-likeness (QED) is 0.305. The van der Waals surface area contributed by atoms with Gasteiger partial charge in [0.2, 0.25) is 15.8 Å². The van der Waals surface area contributed by atoms with Crippen molar-refractivity contribution in [3.05, 3.63) is 58.1 Å². The molecule has 0 radical (unpaired) electrons. The number of nitrogens with zero attached hydrogens (tertiary/aromatic N) is 2. The largest absolute Gasteiger partial charge is 0.496 e. The minimum atomic E-state index is -3.90. The molecule has 9 nitrogen and oxygen atoms in total. The second-order valence-corrected chi connectivity index (χ2v) is 8.49. The molecule has 0 N–H and O–H groups in total. The number of ether oxygens (including phenoxy) is 2. The van der Waals surface area contributed by atoms with Crippen molar-refractivity contribution >= 4 is 21.7 Å². The van der Waals surface area contributed by atoms with Gasteiger partial charge in [0.15, 0.2) is 0 Å². The molecule has 10 heteroatoms. The molecule has 1 aliphatic rings. The Morgan fingerprint density at radius 3 is 2.52 bits per heavy atom. The highest BCUT2D eigenvalue weighted by Crippen LogP contribution is 2.33. The van der Waals surface area contributed by atoms with Gasteiger partial charge in [-0.05, 0) is 44.0 Å². The summed E-state index contributed by atoms with van der Waals surface area (Å²) in [4.78, 5) is 23.4. The lowest BCUT2D eigenvalue weighted by Gasteiger charge is -2.22. The predicted octanol–water partition coefficient (Wildman–Crippen LogP) is 2.67. The van der Waals surface area contributed by atoms with Crippen LogP contribution in [0.5, 0.6) is 11.5 Å². The second kappa shape index (κ2) is 8.18. The smallest absolute Gasteiger partial charge is 0.330 e. The first-order chi connectivity index (χ1) is 13.7. The number of benzene rings is 2. The van der Waals surface area contributed by atoms with Crippen LogP contribution in [0, 0.1) is 17.0 Å². The number of hydrogen-bond acceptors (Lipinski definition) is 7. The lowest BCUT2D eigenvalue weighted by molar-refractivity contribution is -0.385. The van der Waals surface area contributed by atoms with Crippen LogP contribution in [-0.4, -0.2) is 43.3 Å². The Balaban J connectivity index is 1.86. The molecule has 0 amide bonds. The van der Waals surface area contributed by atoms with Crippen LogP contribution in [0.25, 0.3) is 0 Å². The highest BCUT2D eigenvalue weighted by Gasteiger charge is 2.41. The second-order valence-electron chi connectivity index (χ2n) is 6.60. The average molecular weight is 420 g/mol. The summed E-state index contributed by atoms with van der Waals surface area (Å²) < 4.78 is 37.2. The molecule has 0 aliphatic carbocycles. The zero-order chi connectivity index (χ0) is 21.2. The zero-order valence-corrected chi connectivity index (χ0v) is 16.7. The number of methoxy groups -OCH3 is 1. The van der Waals surface area contributed by atoms with E-state index in [1.165, 1.54) is 31.4 Å². The third-order valence-electron chi connectivity index (χ3n) is 4.68. The number of sulfonamides is 1. The van der Waals surface area contributed by atoms with Crippen LogP contribution in [0.4, 0.5) is 5.69 Å². The summed E-state index contributed by atoms with van der Waals surface area (Å²) in [6.07, 6.45) is 0.753. The number of carbonyl (C=O) groups excluding carboxylic acids is 1. The van der Waals surface area contributed by atoms with E-state index >= 15 is 0 Å². The molecule has 0 bridgehead atoms. The summed E-state index contributed by atoms with van der Waals surface area (Å²) >= 11 is 0. The summed E-state index contributed by atoms with van der Waals surface area (Å²) in [5, 5.41) is 11.3. The first-order valence-corrected chi connectivity index (χ1v) is 10.3. The molecule has 29 heavy (non-hydrogen) atoms. The maximum absolute atomic E-state index is 13.0. The van der Waals surface area contributed by atoms with Gasteiger partial charge in [0.05, 0.1) is 23.0 Å². The number of hydrogen-bond donors (Lipinski definition) is 0. The number of carbonyl (C=O) groups is 1. The van der Waals surface area contributed by atoms with E-state index in [1.807, 2.05) is 6.92 Å². The Labute approximate surface area is 168 Å². The van der Waals surface area contributed by atoms with Crippen molar-refractivity contribution in [2.75, 3.05) is 13.7 Å². The van der Waals surface area contributed by atoms with Crippen molar-refractivity contribution < 1.29 is 27.6 Å². The van der Waals surface area contributed by atoms with E-state index in [4.69, 9.17) is 9.47 Å². The minimum absolute atomic E-state index is 0.0817. The van der Waals surface area contributed by atoms with Gasteiger partial charge in [0.1, 0.15) is 11.8 Å². The van der Waals surface area contributed by atoms with Crippen LogP contribution >= 0.6 is 0 Å². The Kier molecular flexibility index (Phi) is 5.85. The van der Waals surface area contributed by atoms with E-state index in [-0.39, 0.29) is 29.4 Å². The normalized spacial score (nSPS) is 17.1. The van der Waals surface area contributed by atoms with E-state index in [0.29, 0.717) is 6.42 Å². The number of nitro benzene ring substituents is 1. The molecule has 154 valence electrons. The maximum atomic E-state index is 13.0. The van der Waals surface area contributed by atoms with Crippen molar-refractivity contribution in [3.63, 3.8) is 0 Å². The van der Waals surface area contributed by atoms with Gasteiger partial charge in [0.25, 0.3) is 0 Å². The first kappa shape index (κ1) is 20.7. The molecule has 0 aromatic heterocycles. The van der Waals surface area contributed by atoms with Crippen LogP contribution in [0.2, 0.25) is 0 Å². The van der Waals surface area contributed by atoms with Crippen molar-refractivity contribution in [3.8, 4) is 11.5 Å². The monoisotopic (exact) mass is 420 g/mol. The maximum Gasteiger partial charge on any atom is 0.330 e. The molecule has 1 heterocycles. The van der Waals surface area contributed by atoms with Crippen LogP contribution in [0.1, 0.15) is 18.4 Å². The molecule has 2 aromatic rings. The standard InChI is InChI=1S/C19H20N2O7S/c1-13-5-8-15(9-6-13)29(25,26)20-11-3-4-16(20)19(22)28-18-10-7-14(27-2)12-17(18)21(23)24/h5-10,12,16H,3-4,11H2,1-2H3/t16-/m0/s1. The number of nitro groups is 1. The molecular formula is C19H20N2O7S. The fraction of sp³-hybridized carbons (Fsp3) is 0.316. The molecule has 0 unspecified atom stereocenters. The van der Waals surface area contributed by atoms with Crippen LogP contribution in [0.15, 0.2) is 47.4 Å². The van der Waals surface area contributed by atoms with Crippen molar-refractivity contribution in [1.29, 1.82) is 0 Å². The molecule has 1 atom stereocenters. The number of aryl methyl sites for hydroxylation is 1. The highest BCUT2D eigenvalue weighted by atomic mass is 32.2. The van der Waals surface area contributed by atoms with Crippen LogP contribution in [0.3, 0.4) is 0 Å². The van der Waals surface area contributed by atoms with Gasteiger partial charge in [-0.15, -0.1) is 0 Å².